The Hall–Kier alpha value is -2.94. The zero-order valence-electron chi connectivity index (χ0n) is 18.5. The second-order valence-electron chi connectivity index (χ2n) is 7.48. The van der Waals surface area contributed by atoms with Crippen LogP contribution in [0.25, 0.3) is 11.1 Å². The van der Waals surface area contributed by atoms with Gasteiger partial charge in [0.15, 0.2) is 0 Å². The summed E-state index contributed by atoms with van der Waals surface area (Å²) in [5.74, 6) is 0.367. The van der Waals surface area contributed by atoms with Crippen molar-refractivity contribution in [1.82, 2.24) is 0 Å². The SMILES string of the molecule is COC(=O)CC1c2cc(OC)cc(OC)c2-c2ccccc2N1S(=O)(=O)c1ccc(Cl)c(Cl)c1. The Morgan fingerprint density at radius 3 is 2.35 bits per heavy atom. The number of fused-ring (bicyclic) bond motifs is 3. The number of methoxy groups -OCH3 is 3. The molecule has 0 fully saturated rings. The van der Waals surface area contributed by atoms with Gasteiger partial charge in [-0.3, -0.25) is 9.10 Å². The topological polar surface area (TPSA) is 82.1 Å². The van der Waals surface area contributed by atoms with Crippen LogP contribution in [0.3, 0.4) is 0 Å². The molecular formula is C24H21Cl2NO6S. The Kier molecular flexibility index (Phi) is 6.66. The zero-order valence-corrected chi connectivity index (χ0v) is 20.9. The lowest BCUT2D eigenvalue weighted by Crippen LogP contribution is -2.39. The lowest BCUT2D eigenvalue weighted by molar-refractivity contribution is -0.141. The summed E-state index contributed by atoms with van der Waals surface area (Å²) >= 11 is 12.2. The van der Waals surface area contributed by atoms with Gasteiger partial charge in [0.25, 0.3) is 10.0 Å². The van der Waals surface area contributed by atoms with E-state index < -0.39 is 22.0 Å². The second-order valence-corrected chi connectivity index (χ2v) is 10.1. The molecule has 0 saturated carbocycles. The molecule has 0 saturated heterocycles. The molecule has 3 aromatic rings. The lowest BCUT2D eigenvalue weighted by Gasteiger charge is -2.39. The van der Waals surface area contributed by atoms with Gasteiger partial charge in [0.05, 0.1) is 54.4 Å². The van der Waals surface area contributed by atoms with Crippen molar-refractivity contribution >= 4 is 44.9 Å². The molecule has 0 N–H and O–H groups in total. The van der Waals surface area contributed by atoms with Crippen molar-refractivity contribution in [3.05, 3.63) is 70.2 Å². The Labute approximate surface area is 207 Å². The van der Waals surface area contributed by atoms with Crippen LogP contribution in [0.1, 0.15) is 18.0 Å². The summed E-state index contributed by atoms with van der Waals surface area (Å²) in [4.78, 5) is 12.4. The van der Waals surface area contributed by atoms with Gasteiger partial charge in [-0.05, 0) is 35.9 Å². The average molecular weight is 522 g/mol. The number of esters is 1. The van der Waals surface area contributed by atoms with Crippen molar-refractivity contribution in [2.45, 2.75) is 17.4 Å². The third-order valence-corrected chi connectivity index (χ3v) is 8.21. The second kappa shape index (κ2) is 9.37. The molecular weight excluding hydrogens is 501 g/mol. The van der Waals surface area contributed by atoms with E-state index >= 15 is 0 Å². The van der Waals surface area contributed by atoms with Crippen LogP contribution in [0.4, 0.5) is 5.69 Å². The number of rotatable bonds is 6. The number of ether oxygens (including phenoxy) is 3. The maximum atomic E-state index is 14.0. The van der Waals surface area contributed by atoms with Crippen molar-refractivity contribution in [3.63, 3.8) is 0 Å². The molecule has 7 nitrogen and oxygen atoms in total. The number of carbonyl (C=O) groups is 1. The van der Waals surface area contributed by atoms with E-state index in [2.05, 4.69) is 0 Å². The predicted octanol–water partition coefficient (Wildman–Crippen LogP) is 5.49. The van der Waals surface area contributed by atoms with Crippen LogP contribution in [0, 0.1) is 0 Å². The highest BCUT2D eigenvalue weighted by Crippen LogP contribution is 2.52. The van der Waals surface area contributed by atoms with E-state index in [1.165, 1.54) is 43.8 Å². The number of halogens is 2. The van der Waals surface area contributed by atoms with Crippen molar-refractivity contribution in [1.29, 1.82) is 0 Å². The summed E-state index contributed by atoms with van der Waals surface area (Å²) < 4.78 is 45.2. The van der Waals surface area contributed by atoms with Gasteiger partial charge in [0.1, 0.15) is 11.5 Å². The molecule has 0 aliphatic carbocycles. The van der Waals surface area contributed by atoms with Gasteiger partial charge in [0, 0.05) is 17.2 Å². The van der Waals surface area contributed by atoms with Gasteiger partial charge in [-0.25, -0.2) is 8.42 Å². The van der Waals surface area contributed by atoms with E-state index in [4.69, 9.17) is 37.4 Å². The molecule has 34 heavy (non-hydrogen) atoms. The summed E-state index contributed by atoms with van der Waals surface area (Å²) in [5, 5.41) is 0.326. The molecule has 1 unspecified atom stereocenters. The monoisotopic (exact) mass is 521 g/mol. The third-order valence-electron chi connectivity index (χ3n) is 5.65. The van der Waals surface area contributed by atoms with E-state index in [9.17, 15) is 13.2 Å². The molecule has 0 aromatic heterocycles. The van der Waals surface area contributed by atoms with Gasteiger partial charge < -0.3 is 14.2 Å². The summed E-state index contributed by atoms with van der Waals surface area (Å²) in [6.07, 6.45) is -0.241. The minimum atomic E-state index is -4.20. The van der Waals surface area contributed by atoms with E-state index in [1.807, 2.05) is 0 Å². The highest BCUT2D eigenvalue weighted by Gasteiger charge is 2.42. The van der Waals surface area contributed by atoms with Crippen molar-refractivity contribution in [3.8, 4) is 22.6 Å². The Morgan fingerprint density at radius 2 is 1.71 bits per heavy atom. The minimum Gasteiger partial charge on any atom is -0.497 e. The fraction of sp³-hybridized carbons (Fsp3) is 0.208. The normalized spacial score (nSPS) is 14.7. The quantitative estimate of drug-likeness (QED) is 0.399. The maximum Gasteiger partial charge on any atom is 0.307 e. The van der Waals surface area contributed by atoms with Gasteiger partial charge in [0.2, 0.25) is 0 Å². The first-order chi connectivity index (χ1) is 16.2. The van der Waals surface area contributed by atoms with Crippen LogP contribution in [-0.2, 0) is 19.6 Å². The lowest BCUT2D eigenvalue weighted by atomic mass is 9.87. The fourth-order valence-corrected chi connectivity index (χ4v) is 6.13. The van der Waals surface area contributed by atoms with Crippen LogP contribution in [0.2, 0.25) is 10.0 Å². The van der Waals surface area contributed by atoms with E-state index in [0.29, 0.717) is 33.9 Å². The van der Waals surface area contributed by atoms with E-state index in [-0.39, 0.29) is 21.4 Å². The number of hydrogen-bond donors (Lipinski definition) is 0. The molecule has 178 valence electrons. The smallest absolute Gasteiger partial charge is 0.307 e. The highest BCUT2D eigenvalue weighted by molar-refractivity contribution is 7.92. The van der Waals surface area contributed by atoms with Crippen molar-refractivity contribution in [2.24, 2.45) is 0 Å². The maximum absolute atomic E-state index is 14.0. The van der Waals surface area contributed by atoms with Gasteiger partial charge in [-0.1, -0.05) is 41.4 Å². The van der Waals surface area contributed by atoms with Crippen LogP contribution in [0.5, 0.6) is 11.5 Å². The molecule has 0 amide bonds. The molecule has 1 aliphatic heterocycles. The molecule has 3 aromatic carbocycles. The van der Waals surface area contributed by atoms with Gasteiger partial charge >= 0.3 is 5.97 Å². The number of nitrogens with zero attached hydrogens (tertiary/aromatic N) is 1. The first-order valence-corrected chi connectivity index (χ1v) is 12.3. The molecule has 1 atom stereocenters. The third kappa shape index (κ3) is 4.06. The first kappa shape index (κ1) is 24.2. The molecule has 4 rings (SSSR count). The molecule has 0 bridgehead atoms. The standard InChI is InChI=1S/C24H21Cl2NO6S/c1-31-14-10-17-21(13-23(28)33-3)27(34(29,30)15-8-9-18(25)19(26)12-15)20-7-5-4-6-16(20)24(17)22(11-14)32-2/h4-12,21H,13H2,1-3H3. The summed E-state index contributed by atoms with van der Waals surface area (Å²) in [5.41, 5.74) is 2.23. The molecule has 1 aliphatic rings. The number of anilines is 1. The van der Waals surface area contributed by atoms with Gasteiger partial charge in [-0.15, -0.1) is 0 Å². The molecule has 0 spiro atoms. The zero-order chi connectivity index (χ0) is 24.6. The number of carbonyl (C=O) groups excluding carboxylic acids is 1. The summed E-state index contributed by atoms with van der Waals surface area (Å²) in [6.45, 7) is 0. The number of para-hydroxylation sites is 1. The van der Waals surface area contributed by atoms with Gasteiger partial charge in [-0.2, -0.15) is 0 Å². The fourth-order valence-electron chi connectivity index (χ4n) is 4.09. The van der Waals surface area contributed by atoms with Crippen LogP contribution < -0.4 is 13.8 Å². The van der Waals surface area contributed by atoms with Crippen molar-refractivity contribution < 1.29 is 27.4 Å². The molecule has 10 heteroatoms. The summed E-state index contributed by atoms with van der Waals surface area (Å²) in [6, 6.07) is 13.6. The summed E-state index contributed by atoms with van der Waals surface area (Å²) in [7, 11) is 0.0724. The largest absolute Gasteiger partial charge is 0.497 e. The van der Waals surface area contributed by atoms with Crippen LogP contribution >= 0.6 is 23.2 Å². The Balaban J connectivity index is 2.05. The minimum absolute atomic E-state index is 0.0649. The highest BCUT2D eigenvalue weighted by atomic mass is 35.5. The van der Waals surface area contributed by atoms with E-state index in [0.717, 1.165) is 0 Å². The number of hydrogen-bond acceptors (Lipinski definition) is 6. The Morgan fingerprint density at radius 1 is 0.971 bits per heavy atom. The molecule has 1 heterocycles. The average Bonchev–Trinajstić information content (AvgIpc) is 2.84. The Bertz CT molecular complexity index is 1380. The first-order valence-electron chi connectivity index (χ1n) is 10.1. The molecule has 0 radical (unpaired) electrons. The number of benzene rings is 3. The van der Waals surface area contributed by atoms with Crippen LogP contribution in [0.15, 0.2) is 59.5 Å². The van der Waals surface area contributed by atoms with Crippen molar-refractivity contribution in [2.75, 3.05) is 25.6 Å². The predicted molar refractivity (Wildman–Crippen MR) is 130 cm³/mol. The van der Waals surface area contributed by atoms with E-state index in [1.54, 1.807) is 36.4 Å². The number of sulfonamides is 1. The van der Waals surface area contributed by atoms with Crippen LogP contribution in [-0.4, -0.2) is 35.7 Å².